The molecule has 0 saturated carbocycles. The molecule has 136 valence electrons. The first-order chi connectivity index (χ1) is 13.1. The fourth-order valence-electron chi connectivity index (χ4n) is 2.57. The van der Waals surface area contributed by atoms with E-state index in [1.54, 1.807) is 30.3 Å². The maximum atomic E-state index is 12.4. The summed E-state index contributed by atoms with van der Waals surface area (Å²) in [6, 6.07) is 14.0. The summed E-state index contributed by atoms with van der Waals surface area (Å²) < 4.78 is 10.5. The van der Waals surface area contributed by atoms with Crippen LogP contribution in [0.3, 0.4) is 0 Å². The number of carbonyl (C=O) groups is 1. The maximum absolute atomic E-state index is 12.4. The molecule has 1 aromatic heterocycles. The van der Waals surface area contributed by atoms with Crippen LogP contribution in [0.2, 0.25) is 5.02 Å². The van der Waals surface area contributed by atoms with Crippen LogP contribution in [0, 0.1) is 6.92 Å². The SMILES string of the molecule is Cc1c(Cl)cccc1Nc1ccc(C(=O)Nc2ccc3c(c2)OCO3)nn1. The van der Waals surface area contributed by atoms with E-state index < -0.39 is 0 Å². The van der Waals surface area contributed by atoms with E-state index in [0.29, 0.717) is 28.0 Å². The minimum absolute atomic E-state index is 0.179. The van der Waals surface area contributed by atoms with Gasteiger partial charge in [-0.25, -0.2) is 0 Å². The quantitative estimate of drug-likeness (QED) is 0.704. The Kier molecular flexibility index (Phi) is 4.52. The number of aromatic nitrogens is 2. The molecule has 2 aromatic carbocycles. The van der Waals surface area contributed by atoms with Gasteiger partial charge in [-0.2, -0.15) is 0 Å². The number of halogens is 1. The number of hydrogen-bond acceptors (Lipinski definition) is 6. The number of ether oxygens (including phenoxy) is 2. The Morgan fingerprint density at radius 2 is 1.93 bits per heavy atom. The van der Waals surface area contributed by atoms with E-state index in [-0.39, 0.29) is 18.4 Å². The Bertz CT molecular complexity index is 1010. The Labute approximate surface area is 160 Å². The summed E-state index contributed by atoms with van der Waals surface area (Å²) in [6.45, 7) is 2.09. The highest BCUT2D eigenvalue weighted by molar-refractivity contribution is 6.31. The van der Waals surface area contributed by atoms with Gasteiger partial charge in [0.1, 0.15) is 0 Å². The fourth-order valence-corrected chi connectivity index (χ4v) is 2.74. The summed E-state index contributed by atoms with van der Waals surface area (Å²) >= 11 is 6.11. The van der Waals surface area contributed by atoms with Gasteiger partial charge in [0.05, 0.1) is 0 Å². The van der Waals surface area contributed by atoms with Crippen molar-refractivity contribution in [1.29, 1.82) is 0 Å². The summed E-state index contributed by atoms with van der Waals surface area (Å²) in [5.41, 5.74) is 2.52. The van der Waals surface area contributed by atoms with E-state index in [4.69, 9.17) is 21.1 Å². The van der Waals surface area contributed by atoms with Crippen molar-refractivity contribution in [2.75, 3.05) is 17.4 Å². The minimum atomic E-state index is -0.369. The van der Waals surface area contributed by atoms with E-state index in [1.165, 1.54) is 0 Å². The number of rotatable bonds is 4. The van der Waals surface area contributed by atoms with E-state index in [9.17, 15) is 4.79 Å². The lowest BCUT2D eigenvalue weighted by Crippen LogP contribution is -2.14. The maximum Gasteiger partial charge on any atom is 0.276 e. The van der Waals surface area contributed by atoms with Crippen molar-refractivity contribution in [3.05, 3.63) is 64.8 Å². The number of benzene rings is 2. The van der Waals surface area contributed by atoms with Crippen molar-refractivity contribution in [2.24, 2.45) is 0 Å². The van der Waals surface area contributed by atoms with Gasteiger partial charge in [0.25, 0.3) is 5.91 Å². The van der Waals surface area contributed by atoms with Gasteiger partial charge in [-0.15, -0.1) is 10.2 Å². The van der Waals surface area contributed by atoms with Gasteiger partial charge in [0.15, 0.2) is 23.0 Å². The third kappa shape index (κ3) is 3.63. The Balaban J connectivity index is 1.45. The highest BCUT2D eigenvalue weighted by Crippen LogP contribution is 2.34. The molecule has 0 aliphatic carbocycles. The van der Waals surface area contributed by atoms with Crippen LogP contribution in [0.4, 0.5) is 17.2 Å². The number of amides is 1. The van der Waals surface area contributed by atoms with Crippen molar-refractivity contribution in [3.8, 4) is 11.5 Å². The second-order valence-corrected chi connectivity index (χ2v) is 6.27. The molecule has 1 amide bonds. The van der Waals surface area contributed by atoms with Gasteiger partial charge in [-0.05, 0) is 48.9 Å². The van der Waals surface area contributed by atoms with Crippen molar-refractivity contribution in [3.63, 3.8) is 0 Å². The molecule has 7 nitrogen and oxygen atoms in total. The van der Waals surface area contributed by atoms with E-state index in [1.807, 2.05) is 25.1 Å². The lowest BCUT2D eigenvalue weighted by Gasteiger charge is -2.10. The summed E-state index contributed by atoms with van der Waals surface area (Å²) in [7, 11) is 0. The number of carbonyl (C=O) groups excluding carboxylic acids is 1. The lowest BCUT2D eigenvalue weighted by atomic mass is 10.2. The normalized spacial score (nSPS) is 11.9. The summed E-state index contributed by atoms with van der Waals surface area (Å²) in [6.07, 6.45) is 0. The van der Waals surface area contributed by atoms with Crippen molar-refractivity contribution in [1.82, 2.24) is 10.2 Å². The zero-order chi connectivity index (χ0) is 18.8. The summed E-state index contributed by atoms with van der Waals surface area (Å²) in [4.78, 5) is 12.4. The predicted molar refractivity (Wildman–Crippen MR) is 102 cm³/mol. The van der Waals surface area contributed by atoms with Gasteiger partial charge in [0.2, 0.25) is 6.79 Å². The first kappa shape index (κ1) is 17.1. The predicted octanol–water partition coefficient (Wildman–Crippen LogP) is 4.16. The van der Waals surface area contributed by atoms with Crippen LogP contribution in [0.1, 0.15) is 16.1 Å². The van der Waals surface area contributed by atoms with Crippen LogP contribution < -0.4 is 20.1 Å². The molecule has 2 heterocycles. The van der Waals surface area contributed by atoms with Gasteiger partial charge in [0, 0.05) is 22.5 Å². The topological polar surface area (TPSA) is 85.4 Å². The zero-order valence-electron chi connectivity index (χ0n) is 14.3. The number of anilines is 3. The molecule has 0 unspecified atom stereocenters. The molecular formula is C19H15ClN4O3. The highest BCUT2D eigenvalue weighted by Gasteiger charge is 2.15. The fraction of sp³-hybridized carbons (Fsp3) is 0.105. The molecule has 3 aromatic rings. The third-order valence-corrected chi connectivity index (χ3v) is 4.47. The van der Waals surface area contributed by atoms with E-state index >= 15 is 0 Å². The Hall–Kier alpha value is -3.32. The number of nitrogens with zero attached hydrogens (tertiary/aromatic N) is 2. The molecule has 8 heteroatoms. The van der Waals surface area contributed by atoms with Crippen LogP contribution in [0.15, 0.2) is 48.5 Å². The molecule has 4 rings (SSSR count). The molecule has 0 spiro atoms. The van der Waals surface area contributed by atoms with Crippen molar-refractivity contribution < 1.29 is 14.3 Å². The van der Waals surface area contributed by atoms with Crippen molar-refractivity contribution >= 4 is 34.7 Å². The van der Waals surface area contributed by atoms with Crippen LogP contribution in [0.25, 0.3) is 0 Å². The smallest absolute Gasteiger partial charge is 0.276 e. The second-order valence-electron chi connectivity index (χ2n) is 5.86. The summed E-state index contributed by atoms with van der Waals surface area (Å²) in [5, 5.41) is 14.6. The molecule has 0 saturated heterocycles. The molecule has 2 N–H and O–H groups in total. The molecule has 27 heavy (non-hydrogen) atoms. The molecule has 0 bridgehead atoms. The number of fused-ring (bicyclic) bond motifs is 1. The number of nitrogens with one attached hydrogen (secondary N) is 2. The largest absolute Gasteiger partial charge is 0.454 e. The van der Waals surface area contributed by atoms with Crippen LogP contribution >= 0.6 is 11.6 Å². The first-order valence-electron chi connectivity index (χ1n) is 8.17. The molecule has 0 radical (unpaired) electrons. The molecule has 0 fully saturated rings. The van der Waals surface area contributed by atoms with Gasteiger partial charge >= 0.3 is 0 Å². The molecular weight excluding hydrogens is 368 g/mol. The minimum Gasteiger partial charge on any atom is -0.454 e. The Morgan fingerprint density at radius 3 is 2.74 bits per heavy atom. The van der Waals surface area contributed by atoms with E-state index in [0.717, 1.165) is 11.3 Å². The van der Waals surface area contributed by atoms with Gasteiger partial charge < -0.3 is 20.1 Å². The van der Waals surface area contributed by atoms with Crippen LogP contribution in [-0.4, -0.2) is 22.9 Å². The second kappa shape index (κ2) is 7.13. The van der Waals surface area contributed by atoms with Gasteiger partial charge in [-0.1, -0.05) is 17.7 Å². The van der Waals surface area contributed by atoms with Gasteiger partial charge in [-0.3, -0.25) is 4.79 Å². The molecule has 1 aliphatic heterocycles. The highest BCUT2D eigenvalue weighted by atomic mass is 35.5. The average Bonchev–Trinajstić information content (AvgIpc) is 3.14. The zero-order valence-corrected chi connectivity index (χ0v) is 15.1. The standard InChI is InChI=1S/C19H15ClN4O3/c1-11-13(20)3-2-4-14(11)22-18-8-6-15(23-24-18)19(25)21-12-5-7-16-17(9-12)27-10-26-16/h2-9H,10H2,1H3,(H,21,25)(H,22,24). The lowest BCUT2D eigenvalue weighted by molar-refractivity contribution is 0.102. The van der Waals surface area contributed by atoms with E-state index in [2.05, 4.69) is 20.8 Å². The molecule has 0 atom stereocenters. The number of hydrogen-bond donors (Lipinski definition) is 2. The summed E-state index contributed by atoms with van der Waals surface area (Å²) in [5.74, 6) is 1.39. The van der Waals surface area contributed by atoms with Crippen LogP contribution in [-0.2, 0) is 0 Å². The first-order valence-corrected chi connectivity index (χ1v) is 8.55. The van der Waals surface area contributed by atoms with Crippen LogP contribution in [0.5, 0.6) is 11.5 Å². The third-order valence-electron chi connectivity index (χ3n) is 4.06. The average molecular weight is 383 g/mol. The monoisotopic (exact) mass is 382 g/mol. The van der Waals surface area contributed by atoms with Crippen molar-refractivity contribution in [2.45, 2.75) is 6.92 Å². The molecule has 1 aliphatic rings. The Morgan fingerprint density at radius 1 is 1.07 bits per heavy atom.